The number of carbonyl (C=O) groups excluding carboxylic acids is 1. The summed E-state index contributed by atoms with van der Waals surface area (Å²) < 4.78 is 10.8. The van der Waals surface area contributed by atoms with Crippen LogP contribution in [0.1, 0.15) is 21.3 Å². The molecule has 0 N–H and O–H groups in total. The van der Waals surface area contributed by atoms with Gasteiger partial charge in [0, 0.05) is 17.3 Å². The second-order valence-corrected chi connectivity index (χ2v) is 7.49. The number of rotatable bonds is 2. The predicted molar refractivity (Wildman–Crippen MR) is 95.3 cm³/mol. The Labute approximate surface area is 153 Å². The van der Waals surface area contributed by atoms with Crippen molar-refractivity contribution in [2.24, 2.45) is 0 Å². The third-order valence-corrected chi connectivity index (χ3v) is 5.80. The van der Waals surface area contributed by atoms with Crippen LogP contribution in [0.4, 0.5) is 0 Å². The summed E-state index contributed by atoms with van der Waals surface area (Å²) in [4.78, 5) is 14.8. The van der Waals surface area contributed by atoms with Crippen molar-refractivity contribution in [3.63, 3.8) is 0 Å². The standard InChI is InChI=1S/C17H13Cl2NO3S/c18-11-2-3-12(13(19)8-11)16(21)20-5-6-24-17(20)10-1-4-14-15(7-10)23-9-22-14/h1-4,7-8,17H,5-6,9H2. The first-order chi connectivity index (χ1) is 11.6. The smallest absolute Gasteiger partial charge is 0.256 e. The van der Waals surface area contributed by atoms with Gasteiger partial charge in [0.1, 0.15) is 5.37 Å². The van der Waals surface area contributed by atoms with E-state index in [-0.39, 0.29) is 18.1 Å². The molecule has 1 atom stereocenters. The number of halogens is 2. The van der Waals surface area contributed by atoms with Crippen LogP contribution in [0.2, 0.25) is 10.0 Å². The van der Waals surface area contributed by atoms with E-state index in [1.54, 1.807) is 30.0 Å². The van der Waals surface area contributed by atoms with Crippen LogP contribution in [0.5, 0.6) is 11.5 Å². The van der Waals surface area contributed by atoms with Gasteiger partial charge in [-0.15, -0.1) is 11.8 Å². The van der Waals surface area contributed by atoms with Crippen molar-refractivity contribution in [2.75, 3.05) is 19.1 Å². The van der Waals surface area contributed by atoms with Gasteiger partial charge in [0.05, 0.1) is 10.6 Å². The highest BCUT2D eigenvalue weighted by atomic mass is 35.5. The van der Waals surface area contributed by atoms with Gasteiger partial charge in [0.25, 0.3) is 5.91 Å². The number of amides is 1. The summed E-state index contributed by atoms with van der Waals surface area (Å²) in [5, 5.41) is 0.812. The number of nitrogens with zero attached hydrogens (tertiary/aromatic N) is 1. The Morgan fingerprint density at radius 1 is 1.12 bits per heavy atom. The van der Waals surface area contributed by atoms with E-state index < -0.39 is 0 Å². The first-order valence-electron chi connectivity index (χ1n) is 7.40. The van der Waals surface area contributed by atoms with Crippen LogP contribution >= 0.6 is 35.0 Å². The van der Waals surface area contributed by atoms with E-state index in [9.17, 15) is 4.79 Å². The van der Waals surface area contributed by atoms with Gasteiger partial charge in [-0.25, -0.2) is 0 Å². The number of ether oxygens (including phenoxy) is 2. The lowest BCUT2D eigenvalue weighted by Crippen LogP contribution is -2.30. The molecule has 0 bridgehead atoms. The topological polar surface area (TPSA) is 38.8 Å². The predicted octanol–water partition coefficient (Wildman–Crippen LogP) is 4.61. The molecule has 124 valence electrons. The summed E-state index contributed by atoms with van der Waals surface area (Å²) in [6.07, 6.45) is 0. The second-order valence-electron chi connectivity index (χ2n) is 5.46. The monoisotopic (exact) mass is 381 g/mol. The molecule has 7 heteroatoms. The number of benzene rings is 2. The number of hydrogen-bond donors (Lipinski definition) is 0. The van der Waals surface area contributed by atoms with Crippen LogP contribution in [-0.4, -0.2) is 29.9 Å². The van der Waals surface area contributed by atoms with Crippen molar-refractivity contribution in [1.29, 1.82) is 0 Å². The Bertz CT molecular complexity index is 814. The molecule has 1 fully saturated rings. The van der Waals surface area contributed by atoms with Crippen LogP contribution in [0.3, 0.4) is 0 Å². The molecule has 2 aromatic carbocycles. The van der Waals surface area contributed by atoms with Gasteiger partial charge in [0.2, 0.25) is 6.79 Å². The SMILES string of the molecule is O=C(c1ccc(Cl)cc1Cl)N1CCSC1c1ccc2c(c1)OCO2. The Morgan fingerprint density at radius 2 is 1.96 bits per heavy atom. The minimum absolute atomic E-state index is 0.0706. The molecule has 2 aliphatic rings. The van der Waals surface area contributed by atoms with Gasteiger partial charge >= 0.3 is 0 Å². The quantitative estimate of drug-likeness (QED) is 0.761. The fourth-order valence-electron chi connectivity index (χ4n) is 2.84. The molecule has 2 aliphatic heterocycles. The maximum atomic E-state index is 12.9. The fraction of sp³-hybridized carbons (Fsp3) is 0.235. The molecular weight excluding hydrogens is 369 g/mol. The third kappa shape index (κ3) is 2.81. The van der Waals surface area contributed by atoms with Gasteiger partial charge in [0.15, 0.2) is 11.5 Å². The summed E-state index contributed by atoms with van der Waals surface area (Å²) in [7, 11) is 0. The van der Waals surface area contributed by atoms with Crippen molar-refractivity contribution in [1.82, 2.24) is 4.90 Å². The molecule has 4 rings (SSSR count). The van der Waals surface area contributed by atoms with Crippen LogP contribution in [0, 0.1) is 0 Å². The van der Waals surface area contributed by atoms with Crippen molar-refractivity contribution in [3.8, 4) is 11.5 Å². The average Bonchev–Trinajstić information content (AvgIpc) is 3.22. The minimum Gasteiger partial charge on any atom is -0.454 e. The maximum absolute atomic E-state index is 12.9. The number of thioether (sulfide) groups is 1. The molecule has 2 heterocycles. The molecule has 0 spiro atoms. The van der Waals surface area contributed by atoms with E-state index in [2.05, 4.69) is 0 Å². The molecule has 0 aromatic heterocycles. The average molecular weight is 382 g/mol. The third-order valence-electron chi connectivity index (χ3n) is 4.00. The van der Waals surface area contributed by atoms with Crippen LogP contribution in [-0.2, 0) is 0 Å². The first kappa shape index (κ1) is 15.9. The zero-order valence-electron chi connectivity index (χ0n) is 12.5. The number of fused-ring (bicyclic) bond motifs is 1. The first-order valence-corrected chi connectivity index (χ1v) is 9.21. The van der Waals surface area contributed by atoms with Crippen LogP contribution in [0.15, 0.2) is 36.4 Å². The van der Waals surface area contributed by atoms with Crippen LogP contribution in [0.25, 0.3) is 0 Å². The highest BCUT2D eigenvalue weighted by molar-refractivity contribution is 7.99. The summed E-state index contributed by atoms with van der Waals surface area (Å²) in [6.45, 7) is 0.904. The van der Waals surface area contributed by atoms with E-state index in [4.69, 9.17) is 32.7 Å². The van der Waals surface area contributed by atoms with Gasteiger partial charge in [-0.3, -0.25) is 4.79 Å². The van der Waals surface area contributed by atoms with E-state index in [1.165, 1.54) is 0 Å². The molecule has 1 saturated heterocycles. The fourth-order valence-corrected chi connectivity index (χ4v) is 4.57. The zero-order valence-corrected chi connectivity index (χ0v) is 14.8. The molecule has 1 unspecified atom stereocenters. The lowest BCUT2D eigenvalue weighted by Gasteiger charge is -2.24. The summed E-state index contributed by atoms with van der Waals surface area (Å²) >= 11 is 13.8. The maximum Gasteiger partial charge on any atom is 0.256 e. The highest BCUT2D eigenvalue weighted by Crippen LogP contribution is 2.43. The van der Waals surface area contributed by atoms with E-state index >= 15 is 0 Å². The summed E-state index contributed by atoms with van der Waals surface area (Å²) in [6, 6.07) is 10.7. The lowest BCUT2D eigenvalue weighted by atomic mass is 10.1. The highest BCUT2D eigenvalue weighted by Gasteiger charge is 2.33. The number of hydrogen-bond acceptors (Lipinski definition) is 4. The van der Waals surface area contributed by atoms with Crippen molar-refractivity contribution in [3.05, 3.63) is 57.6 Å². The Kier molecular flexibility index (Phi) is 4.24. The molecule has 24 heavy (non-hydrogen) atoms. The van der Waals surface area contributed by atoms with E-state index in [0.717, 1.165) is 22.8 Å². The van der Waals surface area contributed by atoms with Gasteiger partial charge in [-0.2, -0.15) is 0 Å². The molecule has 4 nitrogen and oxygen atoms in total. The Morgan fingerprint density at radius 3 is 2.79 bits per heavy atom. The normalized spacial score (nSPS) is 18.9. The second kappa shape index (κ2) is 6.39. The summed E-state index contributed by atoms with van der Waals surface area (Å²) in [5.41, 5.74) is 1.48. The van der Waals surface area contributed by atoms with Gasteiger partial charge < -0.3 is 14.4 Å². The van der Waals surface area contributed by atoms with Crippen molar-refractivity contribution in [2.45, 2.75) is 5.37 Å². The lowest BCUT2D eigenvalue weighted by molar-refractivity contribution is 0.0760. The van der Waals surface area contributed by atoms with Crippen molar-refractivity contribution >= 4 is 40.9 Å². The number of carbonyl (C=O) groups is 1. The van der Waals surface area contributed by atoms with E-state index in [0.29, 0.717) is 22.2 Å². The van der Waals surface area contributed by atoms with Gasteiger partial charge in [-0.1, -0.05) is 29.3 Å². The minimum atomic E-state index is -0.0932. The Balaban J connectivity index is 1.64. The molecule has 0 saturated carbocycles. The largest absolute Gasteiger partial charge is 0.454 e. The van der Waals surface area contributed by atoms with Gasteiger partial charge in [-0.05, 0) is 35.9 Å². The Hall–Kier alpha value is -1.56. The van der Waals surface area contributed by atoms with Crippen LogP contribution < -0.4 is 9.47 Å². The van der Waals surface area contributed by atoms with E-state index in [1.807, 2.05) is 23.1 Å². The molecule has 1 amide bonds. The molecule has 0 aliphatic carbocycles. The molecule has 0 radical (unpaired) electrons. The van der Waals surface area contributed by atoms with Crippen molar-refractivity contribution < 1.29 is 14.3 Å². The summed E-state index contributed by atoms with van der Waals surface area (Å²) in [5.74, 6) is 2.23. The molecule has 2 aromatic rings. The molecular formula is C17H13Cl2NO3S. The zero-order chi connectivity index (χ0) is 16.7.